The lowest BCUT2D eigenvalue weighted by Crippen LogP contribution is -2.47. The van der Waals surface area contributed by atoms with Gasteiger partial charge in [-0.3, -0.25) is 9.79 Å². The second-order valence-corrected chi connectivity index (χ2v) is 8.08. The Morgan fingerprint density at radius 2 is 2.07 bits per heavy atom. The molecule has 0 aliphatic carbocycles. The van der Waals surface area contributed by atoms with Crippen LogP contribution in [0.1, 0.15) is 58.3 Å². The van der Waals surface area contributed by atoms with Crippen molar-refractivity contribution in [1.29, 1.82) is 0 Å². The summed E-state index contributed by atoms with van der Waals surface area (Å²) in [4.78, 5) is 20.8. The number of aliphatic imine (C=N–C) groups is 1. The second-order valence-electron chi connectivity index (χ2n) is 8.08. The quantitative estimate of drug-likeness (QED) is 0.388. The number of nitrogens with one attached hydrogen (secondary N) is 1. The number of carbonyl (C=O) groups is 1. The van der Waals surface area contributed by atoms with Crippen LogP contribution >= 0.6 is 0 Å². The minimum Gasteiger partial charge on any atom is -0.376 e. The molecule has 3 rings (SSSR count). The number of likely N-dealkylation sites (tertiary alicyclic amines) is 2. The van der Waals surface area contributed by atoms with Gasteiger partial charge < -0.3 is 24.6 Å². The molecule has 0 aromatic heterocycles. The predicted octanol–water partition coefficient (Wildman–Crippen LogP) is 2.01. The molecule has 0 bridgehead atoms. The SMILES string of the molecule is CCNC(=NCCCN1CCCC1=O)N1CCC(OCC2CCCCO2)CC1. The Bertz CT molecular complexity index is 500. The molecule has 3 saturated heterocycles. The fourth-order valence-corrected chi connectivity index (χ4v) is 4.23. The van der Waals surface area contributed by atoms with Crippen molar-refractivity contribution < 1.29 is 14.3 Å². The Hall–Kier alpha value is -1.34. The zero-order valence-corrected chi connectivity index (χ0v) is 17.5. The first kappa shape index (κ1) is 21.4. The summed E-state index contributed by atoms with van der Waals surface area (Å²) >= 11 is 0. The van der Waals surface area contributed by atoms with Crippen LogP contribution in [-0.4, -0.2) is 86.4 Å². The molecule has 1 N–H and O–H groups in total. The van der Waals surface area contributed by atoms with E-state index in [1.165, 1.54) is 12.8 Å². The van der Waals surface area contributed by atoms with Crippen LogP contribution in [0, 0.1) is 0 Å². The van der Waals surface area contributed by atoms with Gasteiger partial charge in [-0.2, -0.15) is 0 Å². The van der Waals surface area contributed by atoms with E-state index in [9.17, 15) is 4.79 Å². The monoisotopic (exact) mass is 394 g/mol. The van der Waals surface area contributed by atoms with Crippen molar-refractivity contribution in [3.8, 4) is 0 Å². The van der Waals surface area contributed by atoms with Crippen molar-refractivity contribution in [2.45, 2.75) is 70.5 Å². The molecule has 3 aliphatic rings. The maximum absolute atomic E-state index is 11.7. The van der Waals surface area contributed by atoms with Crippen LogP contribution < -0.4 is 5.32 Å². The fourth-order valence-electron chi connectivity index (χ4n) is 4.23. The van der Waals surface area contributed by atoms with Gasteiger partial charge in [0.25, 0.3) is 0 Å². The van der Waals surface area contributed by atoms with E-state index in [1.807, 2.05) is 4.90 Å². The minimum atomic E-state index is 0.299. The molecule has 0 radical (unpaired) electrons. The molecule has 0 aromatic carbocycles. The Balaban J connectivity index is 1.36. The summed E-state index contributed by atoms with van der Waals surface area (Å²) in [6, 6.07) is 0. The summed E-state index contributed by atoms with van der Waals surface area (Å²) < 4.78 is 11.9. The molecule has 1 amide bonds. The molecular weight excluding hydrogens is 356 g/mol. The highest BCUT2D eigenvalue weighted by molar-refractivity contribution is 5.80. The van der Waals surface area contributed by atoms with Crippen LogP contribution in [0.5, 0.6) is 0 Å². The number of ether oxygens (including phenoxy) is 2. The van der Waals surface area contributed by atoms with Crippen LogP contribution in [0.15, 0.2) is 4.99 Å². The van der Waals surface area contributed by atoms with E-state index in [-0.39, 0.29) is 0 Å². The molecule has 1 unspecified atom stereocenters. The number of rotatable bonds is 8. The van der Waals surface area contributed by atoms with Crippen LogP contribution in [-0.2, 0) is 14.3 Å². The van der Waals surface area contributed by atoms with Gasteiger partial charge in [0.15, 0.2) is 5.96 Å². The summed E-state index contributed by atoms with van der Waals surface area (Å²) in [6.07, 6.45) is 8.97. The van der Waals surface area contributed by atoms with E-state index in [1.54, 1.807) is 0 Å². The summed E-state index contributed by atoms with van der Waals surface area (Å²) in [7, 11) is 0. The number of nitrogens with zero attached hydrogens (tertiary/aromatic N) is 3. The van der Waals surface area contributed by atoms with E-state index in [2.05, 4.69) is 17.1 Å². The number of carbonyl (C=O) groups excluding carboxylic acids is 1. The largest absolute Gasteiger partial charge is 0.376 e. The number of amides is 1. The third-order valence-corrected chi connectivity index (χ3v) is 5.89. The molecule has 1 atom stereocenters. The van der Waals surface area contributed by atoms with Crippen molar-refractivity contribution in [1.82, 2.24) is 15.1 Å². The Labute approximate surface area is 169 Å². The first-order valence-corrected chi connectivity index (χ1v) is 11.3. The van der Waals surface area contributed by atoms with Gasteiger partial charge in [0.1, 0.15) is 0 Å². The lowest BCUT2D eigenvalue weighted by atomic mass is 10.1. The minimum absolute atomic E-state index is 0.299. The van der Waals surface area contributed by atoms with Gasteiger partial charge in [-0.1, -0.05) is 0 Å². The van der Waals surface area contributed by atoms with Crippen molar-refractivity contribution in [2.75, 3.05) is 52.5 Å². The van der Waals surface area contributed by atoms with E-state index in [4.69, 9.17) is 14.5 Å². The topological polar surface area (TPSA) is 66.4 Å². The first-order chi connectivity index (χ1) is 13.8. The fraction of sp³-hybridized carbons (Fsp3) is 0.905. The Kier molecular flexibility index (Phi) is 8.86. The maximum Gasteiger partial charge on any atom is 0.222 e. The van der Waals surface area contributed by atoms with Gasteiger partial charge in [-0.15, -0.1) is 0 Å². The molecule has 3 fully saturated rings. The van der Waals surface area contributed by atoms with Gasteiger partial charge in [-0.25, -0.2) is 0 Å². The number of piperidine rings is 1. The lowest BCUT2D eigenvalue weighted by molar-refractivity contribution is -0.127. The lowest BCUT2D eigenvalue weighted by Gasteiger charge is -2.35. The van der Waals surface area contributed by atoms with Crippen LogP contribution in [0.3, 0.4) is 0 Å². The van der Waals surface area contributed by atoms with Crippen molar-refractivity contribution in [3.63, 3.8) is 0 Å². The maximum atomic E-state index is 11.7. The van der Waals surface area contributed by atoms with Crippen molar-refractivity contribution >= 4 is 11.9 Å². The Morgan fingerprint density at radius 1 is 1.21 bits per heavy atom. The average Bonchev–Trinajstić information content (AvgIpc) is 3.15. The number of hydrogen-bond donors (Lipinski definition) is 1. The smallest absolute Gasteiger partial charge is 0.222 e. The summed E-state index contributed by atoms with van der Waals surface area (Å²) in [5.41, 5.74) is 0. The zero-order chi connectivity index (χ0) is 19.6. The van der Waals surface area contributed by atoms with Gasteiger partial charge >= 0.3 is 0 Å². The zero-order valence-electron chi connectivity index (χ0n) is 17.5. The highest BCUT2D eigenvalue weighted by Gasteiger charge is 2.24. The molecule has 0 aromatic rings. The van der Waals surface area contributed by atoms with E-state index < -0.39 is 0 Å². The van der Waals surface area contributed by atoms with Gasteiger partial charge in [0.2, 0.25) is 5.91 Å². The molecule has 7 nitrogen and oxygen atoms in total. The number of guanidine groups is 1. The molecule has 28 heavy (non-hydrogen) atoms. The van der Waals surface area contributed by atoms with E-state index in [0.717, 1.165) is 97.0 Å². The molecule has 3 heterocycles. The molecule has 3 aliphatic heterocycles. The molecule has 0 saturated carbocycles. The highest BCUT2D eigenvalue weighted by Crippen LogP contribution is 2.18. The summed E-state index contributed by atoms with van der Waals surface area (Å²) in [6.45, 7) is 9.09. The Morgan fingerprint density at radius 3 is 2.75 bits per heavy atom. The van der Waals surface area contributed by atoms with E-state index in [0.29, 0.717) is 18.1 Å². The van der Waals surface area contributed by atoms with Crippen LogP contribution in [0.4, 0.5) is 0 Å². The van der Waals surface area contributed by atoms with Crippen molar-refractivity contribution in [2.24, 2.45) is 4.99 Å². The summed E-state index contributed by atoms with van der Waals surface area (Å²) in [5, 5.41) is 3.42. The third kappa shape index (κ3) is 6.62. The normalized spacial score (nSPS) is 24.8. The molecule has 0 spiro atoms. The highest BCUT2D eigenvalue weighted by atomic mass is 16.5. The predicted molar refractivity (Wildman–Crippen MR) is 111 cm³/mol. The molecular formula is C21H38N4O3. The molecule has 160 valence electrons. The third-order valence-electron chi connectivity index (χ3n) is 5.89. The van der Waals surface area contributed by atoms with Crippen LogP contribution in [0.25, 0.3) is 0 Å². The van der Waals surface area contributed by atoms with E-state index >= 15 is 0 Å². The average molecular weight is 395 g/mol. The van der Waals surface area contributed by atoms with Gasteiger partial charge in [-0.05, 0) is 51.9 Å². The van der Waals surface area contributed by atoms with Crippen LogP contribution in [0.2, 0.25) is 0 Å². The first-order valence-electron chi connectivity index (χ1n) is 11.3. The summed E-state index contributed by atoms with van der Waals surface area (Å²) in [5.74, 6) is 1.31. The van der Waals surface area contributed by atoms with Crippen molar-refractivity contribution in [3.05, 3.63) is 0 Å². The molecule has 7 heteroatoms. The second kappa shape index (κ2) is 11.6. The van der Waals surface area contributed by atoms with Gasteiger partial charge in [0.05, 0.1) is 18.8 Å². The number of hydrogen-bond acceptors (Lipinski definition) is 4. The van der Waals surface area contributed by atoms with Gasteiger partial charge in [0, 0.05) is 52.3 Å². The standard InChI is InChI=1S/C21H38N4O3/c1-2-22-21(23-11-6-13-24-12-5-8-20(24)26)25-14-9-18(10-15-25)28-17-19-7-3-4-16-27-19/h18-19H,2-17H2,1H3,(H,22,23).